The Balaban J connectivity index is 1.20. The van der Waals surface area contributed by atoms with Crippen LogP contribution < -0.4 is 10.1 Å². The molecule has 0 saturated heterocycles. The number of hydrogen-bond donors (Lipinski definition) is 1. The summed E-state index contributed by atoms with van der Waals surface area (Å²) in [5.74, 6) is 2.13. The SMILES string of the molecule is O=C(CSCc1coc(-c2ccccc2)n1)Nc1cccc(OCCn2cccn2)c1. The zero-order valence-corrected chi connectivity index (χ0v) is 17.6. The smallest absolute Gasteiger partial charge is 0.234 e. The number of anilines is 1. The van der Waals surface area contributed by atoms with E-state index in [1.807, 2.05) is 66.9 Å². The zero-order chi connectivity index (χ0) is 21.3. The molecule has 0 saturated carbocycles. The summed E-state index contributed by atoms with van der Waals surface area (Å²) in [6.45, 7) is 1.16. The highest BCUT2D eigenvalue weighted by Gasteiger charge is 2.08. The molecule has 2 aromatic heterocycles. The predicted molar refractivity (Wildman–Crippen MR) is 121 cm³/mol. The number of amides is 1. The Morgan fingerprint density at radius 3 is 2.87 bits per heavy atom. The lowest BCUT2D eigenvalue weighted by molar-refractivity contribution is -0.113. The third kappa shape index (κ3) is 6.23. The molecule has 0 unspecified atom stereocenters. The van der Waals surface area contributed by atoms with Gasteiger partial charge in [0.15, 0.2) is 0 Å². The number of nitrogens with zero attached hydrogens (tertiary/aromatic N) is 3. The Morgan fingerprint density at radius 1 is 1.13 bits per heavy atom. The Hall–Kier alpha value is -3.52. The highest BCUT2D eigenvalue weighted by Crippen LogP contribution is 2.21. The summed E-state index contributed by atoms with van der Waals surface area (Å²) in [5, 5.41) is 7.04. The monoisotopic (exact) mass is 434 g/mol. The van der Waals surface area contributed by atoms with E-state index in [9.17, 15) is 4.79 Å². The molecule has 0 aliphatic heterocycles. The number of benzene rings is 2. The summed E-state index contributed by atoms with van der Waals surface area (Å²) in [6.07, 6.45) is 5.26. The van der Waals surface area contributed by atoms with Crippen LogP contribution in [-0.2, 0) is 17.1 Å². The van der Waals surface area contributed by atoms with Crippen molar-refractivity contribution >= 4 is 23.4 Å². The fraction of sp³-hybridized carbons (Fsp3) is 0.174. The molecular weight excluding hydrogens is 412 g/mol. The first-order valence-corrected chi connectivity index (χ1v) is 11.0. The van der Waals surface area contributed by atoms with Gasteiger partial charge in [-0.3, -0.25) is 9.48 Å². The Bertz CT molecular complexity index is 1100. The lowest BCUT2D eigenvalue weighted by Crippen LogP contribution is -2.14. The van der Waals surface area contributed by atoms with Crippen LogP contribution in [-0.4, -0.2) is 33.0 Å². The van der Waals surface area contributed by atoms with Gasteiger partial charge in [-0.15, -0.1) is 11.8 Å². The zero-order valence-electron chi connectivity index (χ0n) is 16.8. The van der Waals surface area contributed by atoms with Gasteiger partial charge in [0.05, 0.1) is 18.0 Å². The van der Waals surface area contributed by atoms with E-state index in [-0.39, 0.29) is 5.91 Å². The third-order valence-corrected chi connectivity index (χ3v) is 5.29. The van der Waals surface area contributed by atoms with Gasteiger partial charge in [0.25, 0.3) is 0 Å². The number of nitrogens with one attached hydrogen (secondary N) is 1. The summed E-state index contributed by atoms with van der Waals surface area (Å²) >= 11 is 1.48. The molecule has 31 heavy (non-hydrogen) atoms. The minimum Gasteiger partial charge on any atom is -0.492 e. The van der Waals surface area contributed by atoms with E-state index in [0.717, 1.165) is 11.3 Å². The first kappa shape index (κ1) is 20.7. The largest absolute Gasteiger partial charge is 0.492 e. The van der Waals surface area contributed by atoms with Crippen LogP contribution in [0.25, 0.3) is 11.5 Å². The van der Waals surface area contributed by atoms with Crippen molar-refractivity contribution in [3.05, 3.63) is 85.0 Å². The normalized spacial score (nSPS) is 10.7. The first-order valence-electron chi connectivity index (χ1n) is 9.84. The molecule has 4 rings (SSSR count). The number of carbonyl (C=O) groups excluding carboxylic acids is 1. The van der Waals surface area contributed by atoms with Gasteiger partial charge in [0, 0.05) is 35.5 Å². The highest BCUT2D eigenvalue weighted by atomic mass is 32.2. The quantitative estimate of drug-likeness (QED) is 0.396. The number of hydrogen-bond acceptors (Lipinski definition) is 6. The van der Waals surface area contributed by atoms with Gasteiger partial charge in [-0.05, 0) is 30.3 Å². The van der Waals surface area contributed by atoms with Crippen LogP contribution in [0.2, 0.25) is 0 Å². The average molecular weight is 435 g/mol. The van der Waals surface area contributed by atoms with Crippen molar-refractivity contribution < 1.29 is 13.9 Å². The van der Waals surface area contributed by atoms with E-state index < -0.39 is 0 Å². The van der Waals surface area contributed by atoms with Gasteiger partial charge in [-0.2, -0.15) is 5.10 Å². The van der Waals surface area contributed by atoms with Crippen molar-refractivity contribution in [2.75, 3.05) is 17.7 Å². The number of oxazole rings is 1. The molecule has 0 radical (unpaired) electrons. The second-order valence-electron chi connectivity index (χ2n) is 6.70. The van der Waals surface area contributed by atoms with Crippen molar-refractivity contribution in [1.82, 2.24) is 14.8 Å². The van der Waals surface area contributed by atoms with E-state index in [0.29, 0.717) is 42.0 Å². The van der Waals surface area contributed by atoms with Crippen molar-refractivity contribution in [2.45, 2.75) is 12.3 Å². The van der Waals surface area contributed by atoms with Crippen LogP contribution in [0, 0.1) is 0 Å². The average Bonchev–Trinajstić information content (AvgIpc) is 3.47. The summed E-state index contributed by atoms with van der Waals surface area (Å²) in [7, 11) is 0. The van der Waals surface area contributed by atoms with Gasteiger partial charge in [0.2, 0.25) is 11.8 Å². The van der Waals surface area contributed by atoms with Crippen molar-refractivity contribution in [1.29, 1.82) is 0 Å². The van der Waals surface area contributed by atoms with Crippen LogP contribution in [0.15, 0.2) is 83.7 Å². The second kappa shape index (κ2) is 10.5. The maximum absolute atomic E-state index is 12.3. The fourth-order valence-electron chi connectivity index (χ4n) is 2.89. The standard InChI is InChI=1S/C23H22N4O3S/c28-22(17-31-16-20-15-30-23(26-20)18-6-2-1-3-7-18)25-19-8-4-9-21(14-19)29-13-12-27-11-5-10-24-27/h1-11,14-15H,12-13,16-17H2,(H,25,28). The molecule has 158 valence electrons. The van der Waals surface area contributed by atoms with E-state index in [2.05, 4.69) is 15.4 Å². The number of thioether (sulfide) groups is 1. The van der Waals surface area contributed by atoms with Crippen molar-refractivity contribution in [2.24, 2.45) is 0 Å². The lowest BCUT2D eigenvalue weighted by atomic mass is 10.2. The van der Waals surface area contributed by atoms with Crippen LogP contribution in [0.3, 0.4) is 0 Å². The Kier molecular flexibility index (Phi) is 7.02. The fourth-order valence-corrected chi connectivity index (χ4v) is 3.59. The molecule has 7 nitrogen and oxygen atoms in total. The van der Waals surface area contributed by atoms with E-state index in [1.54, 1.807) is 17.1 Å². The molecule has 0 spiro atoms. The molecule has 0 fully saturated rings. The van der Waals surface area contributed by atoms with Crippen molar-refractivity contribution in [3.8, 4) is 17.2 Å². The summed E-state index contributed by atoms with van der Waals surface area (Å²) in [6, 6.07) is 19.0. The third-order valence-electron chi connectivity index (χ3n) is 4.32. The van der Waals surface area contributed by atoms with Gasteiger partial charge in [-0.25, -0.2) is 4.98 Å². The number of aromatic nitrogens is 3. The minimum absolute atomic E-state index is 0.0783. The Labute approximate surface area is 184 Å². The van der Waals surface area contributed by atoms with Gasteiger partial charge < -0.3 is 14.5 Å². The van der Waals surface area contributed by atoms with E-state index >= 15 is 0 Å². The number of rotatable bonds is 10. The van der Waals surface area contributed by atoms with E-state index in [1.165, 1.54) is 11.8 Å². The molecule has 2 heterocycles. The predicted octanol–water partition coefficient (Wildman–Crippen LogP) is 4.49. The summed E-state index contributed by atoms with van der Waals surface area (Å²) < 4.78 is 13.1. The first-order chi connectivity index (χ1) is 15.3. The van der Waals surface area contributed by atoms with Crippen LogP contribution in [0.4, 0.5) is 5.69 Å². The molecule has 0 bridgehead atoms. The number of carbonyl (C=O) groups is 1. The maximum atomic E-state index is 12.3. The molecule has 0 aliphatic carbocycles. The van der Waals surface area contributed by atoms with Gasteiger partial charge in [-0.1, -0.05) is 24.3 Å². The van der Waals surface area contributed by atoms with E-state index in [4.69, 9.17) is 9.15 Å². The molecule has 1 amide bonds. The molecule has 1 N–H and O–H groups in total. The molecule has 8 heteroatoms. The van der Waals surface area contributed by atoms with Crippen LogP contribution in [0.5, 0.6) is 5.75 Å². The second-order valence-corrected chi connectivity index (χ2v) is 7.68. The molecule has 2 aromatic carbocycles. The topological polar surface area (TPSA) is 82.2 Å². The maximum Gasteiger partial charge on any atom is 0.234 e. The molecule has 4 aromatic rings. The Morgan fingerprint density at radius 2 is 2.03 bits per heavy atom. The minimum atomic E-state index is -0.0783. The van der Waals surface area contributed by atoms with Gasteiger partial charge in [0.1, 0.15) is 18.6 Å². The van der Waals surface area contributed by atoms with Crippen LogP contribution in [0.1, 0.15) is 5.69 Å². The van der Waals surface area contributed by atoms with Crippen LogP contribution >= 0.6 is 11.8 Å². The summed E-state index contributed by atoms with van der Waals surface area (Å²) in [4.78, 5) is 16.8. The molecule has 0 aliphatic rings. The molecule has 0 atom stereocenters. The number of ether oxygens (including phenoxy) is 1. The van der Waals surface area contributed by atoms with Gasteiger partial charge >= 0.3 is 0 Å². The van der Waals surface area contributed by atoms with Crippen molar-refractivity contribution in [3.63, 3.8) is 0 Å². The molecular formula is C23H22N4O3S. The highest BCUT2D eigenvalue weighted by molar-refractivity contribution is 7.99. The lowest BCUT2D eigenvalue weighted by Gasteiger charge is -2.09. The summed E-state index contributed by atoms with van der Waals surface area (Å²) in [5.41, 5.74) is 2.45.